The summed E-state index contributed by atoms with van der Waals surface area (Å²) in [6.07, 6.45) is -0.544. The first-order valence-corrected chi connectivity index (χ1v) is 11.1. The van der Waals surface area contributed by atoms with Crippen molar-refractivity contribution in [2.24, 2.45) is 11.8 Å². The Kier molecular flexibility index (Phi) is 6.93. The lowest BCUT2D eigenvalue weighted by Gasteiger charge is -2.14. The van der Waals surface area contributed by atoms with E-state index in [-0.39, 0.29) is 43.2 Å². The summed E-state index contributed by atoms with van der Waals surface area (Å²) in [4.78, 5) is 35.4. The van der Waals surface area contributed by atoms with Crippen LogP contribution < -0.4 is 10.6 Å². The molecule has 3 N–H and O–H groups in total. The molecule has 1 saturated carbocycles. The number of carbonyl (C=O) groups excluding carboxylic acids is 2. The quantitative estimate of drug-likeness (QED) is 0.511. The first-order chi connectivity index (χ1) is 16.0. The standard InChI is InChI=1S/C25H28N2O6/c1-32-22(24(29)30)10-11-26-23(28)20-12-15(20)13-27-25(31)33-14-21-18-8-4-2-6-16(18)17-7-3-5-9-19(17)21/h2-9,15,20-22H,10-14H2,1H3,(H,26,28)(H,27,31)(H,29,30)/t15-,20-,22?/m1/s1. The Balaban J connectivity index is 1.19. The molecule has 8 nitrogen and oxygen atoms in total. The van der Waals surface area contributed by atoms with Gasteiger partial charge in [0.1, 0.15) is 6.61 Å². The Labute approximate surface area is 192 Å². The number of nitrogens with one attached hydrogen (secondary N) is 2. The predicted octanol–water partition coefficient (Wildman–Crippen LogP) is 2.77. The Morgan fingerprint density at radius 2 is 1.67 bits per heavy atom. The third-order valence-electron chi connectivity index (χ3n) is 6.38. The van der Waals surface area contributed by atoms with Crippen LogP contribution in [0.3, 0.4) is 0 Å². The zero-order valence-electron chi connectivity index (χ0n) is 18.5. The number of rotatable bonds is 10. The average molecular weight is 453 g/mol. The van der Waals surface area contributed by atoms with Gasteiger partial charge in [-0.25, -0.2) is 9.59 Å². The minimum atomic E-state index is -1.05. The molecule has 0 aliphatic heterocycles. The predicted molar refractivity (Wildman–Crippen MR) is 121 cm³/mol. The van der Waals surface area contributed by atoms with Crippen LogP contribution in [0.2, 0.25) is 0 Å². The summed E-state index contributed by atoms with van der Waals surface area (Å²) in [5.41, 5.74) is 4.66. The van der Waals surface area contributed by atoms with Crippen molar-refractivity contribution in [1.82, 2.24) is 10.6 Å². The van der Waals surface area contributed by atoms with Gasteiger partial charge in [0.05, 0.1) is 0 Å². The summed E-state index contributed by atoms with van der Waals surface area (Å²) >= 11 is 0. The maximum absolute atomic E-state index is 12.3. The number of hydrogen-bond donors (Lipinski definition) is 3. The van der Waals surface area contributed by atoms with Crippen LogP contribution in [0.25, 0.3) is 11.1 Å². The Morgan fingerprint density at radius 1 is 1.03 bits per heavy atom. The first-order valence-electron chi connectivity index (χ1n) is 11.1. The molecule has 0 saturated heterocycles. The number of amides is 2. The zero-order chi connectivity index (χ0) is 23.4. The zero-order valence-corrected chi connectivity index (χ0v) is 18.5. The molecule has 0 spiro atoms. The van der Waals surface area contributed by atoms with Crippen LogP contribution in [0, 0.1) is 11.8 Å². The molecule has 2 amide bonds. The van der Waals surface area contributed by atoms with E-state index in [1.54, 1.807) is 0 Å². The second-order valence-corrected chi connectivity index (χ2v) is 8.45. The molecule has 2 aliphatic rings. The Morgan fingerprint density at radius 3 is 2.27 bits per heavy atom. The monoisotopic (exact) mass is 452 g/mol. The lowest BCUT2D eigenvalue weighted by atomic mass is 9.98. The lowest BCUT2D eigenvalue weighted by Crippen LogP contribution is -2.33. The van der Waals surface area contributed by atoms with Gasteiger partial charge in [-0.05, 0) is 34.6 Å². The van der Waals surface area contributed by atoms with E-state index in [0.717, 1.165) is 11.1 Å². The minimum Gasteiger partial charge on any atom is -0.479 e. The van der Waals surface area contributed by atoms with E-state index in [1.807, 2.05) is 24.3 Å². The average Bonchev–Trinajstić information content (AvgIpc) is 3.54. The summed E-state index contributed by atoms with van der Waals surface area (Å²) in [7, 11) is 1.33. The van der Waals surface area contributed by atoms with Crippen molar-refractivity contribution < 1.29 is 29.0 Å². The third-order valence-corrected chi connectivity index (χ3v) is 6.38. The van der Waals surface area contributed by atoms with Crippen LogP contribution in [0.15, 0.2) is 48.5 Å². The molecule has 0 radical (unpaired) electrons. The fourth-order valence-corrected chi connectivity index (χ4v) is 4.46. The molecule has 1 fully saturated rings. The number of alkyl carbamates (subject to hydrolysis) is 1. The number of carboxylic acid groups (broad SMARTS) is 1. The summed E-state index contributed by atoms with van der Waals surface area (Å²) in [6.45, 7) is 0.843. The van der Waals surface area contributed by atoms with Crippen molar-refractivity contribution >= 4 is 18.0 Å². The van der Waals surface area contributed by atoms with E-state index < -0.39 is 18.2 Å². The highest BCUT2D eigenvalue weighted by Gasteiger charge is 2.43. The fourth-order valence-electron chi connectivity index (χ4n) is 4.46. The van der Waals surface area contributed by atoms with Crippen LogP contribution in [-0.4, -0.2) is 56.0 Å². The summed E-state index contributed by atoms with van der Waals surface area (Å²) in [5.74, 6) is -1.30. The lowest BCUT2D eigenvalue weighted by molar-refractivity contribution is -0.149. The maximum atomic E-state index is 12.3. The molecule has 3 atom stereocenters. The number of fused-ring (bicyclic) bond motifs is 3. The van der Waals surface area contributed by atoms with Gasteiger partial charge in [0, 0.05) is 38.5 Å². The fraction of sp³-hybridized carbons (Fsp3) is 0.400. The number of aliphatic carboxylic acids is 1. The molecule has 0 aromatic heterocycles. The van der Waals surface area contributed by atoms with Crippen molar-refractivity contribution in [3.05, 3.63) is 59.7 Å². The van der Waals surface area contributed by atoms with Crippen molar-refractivity contribution in [3.63, 3.8) is 0 Å². The number of hydrogen-bond acceptors (Lipinski definition) is 5. The van der Waals surface area contributed by atoms with E-state index in [9.17, 15) is 14.4 Å². The number of benzene rings is 2. The molecule has 33 heavy (non-hydrogen) atoms. The highest BCUT2D eigenvalue weighted by atomic mass is 16.5. The number of ether oxygens (including phenoxy) is 2. The van der Waals surface area contributed by atoms with Crippen molar-refractivity contribution in [2.75, 3.05) is 26.8 Å². The molecule has 4 rings (SSSR count). The molecule has 2 aromatic rings. The second-order valence-electron chi connectivity index (χ2n) is 8.45. The molecule has 0 bridgehead atoms. The Bertz CT molecular complexity index is 994. The van der Waals surface area contributed by atoms with Crippen LogP contribution in [0.4, 0.5) is 4.79 Å². The molecule has 1 unspecified atom stereocenters. The second kappa shape index (κ2) is 10.0. The van der Waals surface area contributed by atoms with Crippen molar-refractivity contribution in [1.29, 1.82) is 0 Å². The van der Waals surface area contributed by atoms with Gasteiger partial charge >= 0.3 is 12.1 Å². The number of methoxy groups -OCH3 is 1. The largest absolute Gasteiger partial charge is 0.479 e. The van der Waals surface area contributed by atoms with E-state index in [0.29, 0.717) is 13.0 Å². The van der Waals surface area contributed by atoms with E-state index in [2.05, 4.69) is 34.9 Å². The topological polar surface area (TPSA) is 114 Å². The highest BCUT2D eigenvalue weighted by molar-refractivity contribution is 5.82. The van der Waals surface area contributed by atoms with Gasteiger partial charge in [-0.3, -0.25) is 4.79 Å². The highest BCUT2D eigenvalue weighted by Crippen LogP contribution is 2.44. The summed E-state index contributed by atoms with van der Waals surface area (Å²) in [6, 6.07) is 16.3. The smallest absolute Gasteiger partial charge is 0.407 e. The summed E-state index contributed by atoms with van der Waals surface area (Å²) < 4.78 is 10.4. The van der Waals surface area contributed by atoms with Gasteiger partial charge in [-0.2, -0.15) is 0 Å². The molecule has 8 heteroatoms. The number of carbonyl (C=O) groups is 3. The Hall–Kier alpha value is -3.39. The van der Waals surface area contributed by atoms with E-state index in [4.69, 9.17) is 14.6 Å². The van der Waals surface area contributed by atoms with Crippen LogP contribution in [0.1, 0.15) is 29.9 Å². The van der Waals surface area contributed by atoms with Gasteiger partial charge in [-0.1, -0.05) is 48.5 Å². The minimum absolute atomic E-state index is 0.00401. The van der Waals surface area contributed by atoms with Crippen LogP contribution in [-0.2, 0) is 19.1 Å². The SMILES string of the molecule is COC(CCNC(=O)[C@@H]1C[C@@H]1CNC(=O)OCC1c2ccccc2-c2ccccc21)C(=O)O. The number of carboxylic acids is 1. The van der Waals surface area contributed by atoms with Crippen molar-refractivity contribution in [3.8, 4) is 11.1 Å². The molecular formula is C25H28N2O6. The third kappa shape index (κ3) is 5.17. The molecular weight excluding hydrogens is 424 g/mol. The maximum Gasteiger partial charge on any atom is 0.407 e. The summed E-state index contributed by atoms with van der Waals surface area (Å²) in [5, 5.41) is 14.4. The van der Waals surface area contributed by atoms with Crippen LogP contribution >= 0.6 is 0 Å². The van der Waals surface area contributed by atoms with Crippen molar-refractivity contribution in [2.45, 2.75) is 24.9 Å². The molecule has 2 aromatic carbocycles. The first kappa shape index (κ1) is 22.8. The van der Waals surface area contributed by atoms with Gasteiger partial charge in [-0.15, -0.1) is 0 Å². The van der Waals surface area contributed by atoms with Gasteiger partial charge in [0.25, 0.3) is 0 Å². The molecule has 0 heterocycles. The molecule has 174 valence electrons. The normalized spacial score (nSPS) is 19.2. The molecule has 2 aliphatic carbocycles. The van der Waals surface area contributed by atoms with Gasteiger partial charge in [0.15, 0.2) is 6.10 Å². The van der Waals surface area contributed by atoms with Crippen LogP contribution in [0.5, 0.6) is 0 Å². The van der Waals surface area contributed by atoms with E-state index in [1.165, 1.54) is 18.2 Å². The van der Waals surface area contributed by atoms with E-state index >= 15 is 0 Å². The van der Waals surface area contributed by atoms with Gasteiger partial charge < -0.3 is 25.2 Å². The van der Waals surface area contributed by atoms with Gasteiger partial charge in [0.2, 0.25) is 5.91 Å².